The average Bonchev–Trinajstić information content (AvgIpc) is 2.56. The van der Waals surface area contributed by atoms with Crippen molar-refractivity contribution < 1.29 is 9.90 Å². The average molecular weight is 281 g/mol. The standard InChI is InChI=1S/C18H19NO2/c20-17(21)18(15-7-3-1-4-8-15)11-13-19(14-12-18)16-9-5-2-6-10-16/h1-10H,11-14H2,(H,20,21). The second-order valence-corrected chi connectivity index (χ2v) is 5.58. The zero-order valence-electron chi connectivity index (χ0n) is 11.9. The topological polar surface area (TPSA) is 40.5 Å². The highest BCUT2D eigenvalue weighted by Crippen LogP contribution is 2.37. The first-order valence-corrected chi connectivity index (χ1v) is 7.31. The van der Waals surface area contributed by atoms with Crippen LogP contribution in [0.1, 0.15) is 18.4 Å². The van der Waals surface area contributed by atoms with Crippen LogP contribution in [0.15, 0.2) is 60.7 Å². The van der Waals surface area contributed by atoms with Gasteiger partial charge in [0.2, 0.25) is 0 Å². The van der Waals surface area contributed by atoms with Gasteiger partial charge in [0.05, 0.1) is 5.41 Å². The van der Waals surface area contributed by atoms with E-state index in [9.17, 15) is 9.90 Å². The zero-order valence-corrected chi connectivity index (χ0v) is 11.9. The highest BCUT2D eigenvalue weighted by atomic mass is 16.4. The van der Waals surface area contributed by atoms with Gasteiger partial charge in [-0.15, -0.1) is 0 Å². The van der Waals surface area contributed by atoms with E-state index in [4.69, 9.17) is 0 Å². The van der Waals surface area contributed by atoms with Crippen LogP contribution in [0.3, 0.4) is 0 Å². The van der Waals surface area contributed by atoms with Gasteiger partial charge in [0, 0.05) is 18.8 Å². The van der Waals surface area contributed by atoms with Crippen LogP contribution >= 0.6 is 0 Å². The van der Waals surface area contributed by atoms with Crippen molar-refractivity contribution in [2.75, 3.05) is 18.0 Å². The fourth-order valence-corrected chi connectivity index (χ4v) is 3.17. The van der Waals surface area contributed by atoms with Gasteiger partial charge >= 0.3 is 5.97 Å². The molecule has 3 heteroatoms. The summed E-state index contributed by atoms with van der Waals surface area (Å²) in [4.78, 5) is 14.2. The van der Waals surface area contributed by atoms with E-state index < -0.39 is 11.4 Å². The summed E-state index contributed by atoms with van der Waals surface area (Å²) >= 11 is 0. The van der Waals surface area contributed by atoms with Crippen molar-refractivity contribution in [2.24, 2.45) is 0 Å². The Bertz CT molecular complexity index is 602. The number of benzene rings is 2. The number of anilines is 1. The van der Waals surface area contributed by atoms with Crippen molar-refractivity contribution in [3.8, 4) is 0 Å². The predicted octanol–water partition coefficient (Wildman–Crippen LogP) is 3.31. The maximum Gasteiger partial charge on any atom is 0.314 e. The lowest BCUT2D eigenvalue weighted by Gasteiger charge is -2.40. The van der Waals surface area contributed by atoms with Gasteiger partial charge in [0.25, 0.3) is 0 Å². The minimum absolute atomic E-state index is 0.640. The molecular formula is C18H19NO2. The van der Waals surface area contributed by atoms with Crippen molar-refractivity contribution in [1.29, 1.82) is 0 Å². The van der Waals surface area contributed by atoms with Crippen LogP contribution in [0.25, 0.3) is 0 Å². The van der Waals surface area contributed by atoms with E-state index in [1.807, 2.05) is 48.5 Å². The molecule has 1 aliphatic heterocycles. The number of aliphatic carboxylic acids is 1. The minimum Gasteiger partial charge on any atom is -0.481 e. The molecule has 3 rings (SSSR count). The Kier molecular flexibility index (Phi) is 3.65. The molecule has 108 valence electrons. The molecule has 0 atom stereocenters. The summed E-state index contributed by atoms with van der Waals surface area (Å²) in [5.41, 5.74) is 1.35. The molecule has 0 radical (unpaired) electrons. The number of hydrogen-bond acceptors (Lipinski definition) is 2. The lowest BCUT2D eigenvalue weighted by molar-refractivity contribution is -0.144. The first-order valence-electron chi connectivity index (χ1n) is 7.31. The van der Waals surface area contributed by atoms with Crippen molar-refractivity contribution in [1.82, 2.24) is 0 Å². The van der Waals surface area contributed by atoms with Gasteiger partial charge in [-0.2, -0.15) is 0 Å². The van der Waals surface area contributed by atoms with Crippen molar-refractivity contribution in [3.05, 3.63) is 66.2 Å². The summed E-state index contributed by atoms with van der Waals surface area (Å²) < 4.78 is 0. The van der Waals surface area contributed by atoms with Crippen LogP contribution in [0.5, 0.6) is 0 Å². The van der Waals surface area contributed by atoms with Gasteiger partial charge in [0.1, 0.15) is 0 Å². The van der Waals surface area contributed by atoms with Gasteiger partial charge in [-0.3, -0.25) is 4.79 Å². The summed E-state index contributed by atoms with van der Waals surface area (Å²) in [5, 5.41) is 9.78. The van der Waals surface area contributed by atoms with Crippen LogP contribution in [0.4, 0.5) is 5.69 Å². The normalized spacial score (nSPS) is 17.4. The highest BCUT2D eigenvalue weighted by Gasteiger charge is 2.42. The fourth-order valence-electron chi connectivity index (χ4n) is 3.17. The summed E-state index contributed by atoms with van der Waals surface area (Å²) in [7, 11) is 0. The molecule has 3 nitrogen and oxygen atoms in total. The lowest BCUT2D eigenvalue weighted by atomic mass is 9.73. The molecule has 2 aromatic carbocycles. The Morgan fingerprint density at radius 1 is 0.905 bits per heavy atom. The molecule has 0 spiro atoms. The lowest BCUT2D eigenvalue weighted by Crippen LogP contribution is -2.47. The number of carboxylic acids is 1. The molecule has 1 aliphatic rings. The first-order chi connectivity index (χ1) is 10.2. The van der Waals surface area contributed by atoms with Crippen molar-refractivity contribution >= 4 is 11.7 Å². The Hall–Kier alpha value is -2.29. The predicted molar refractivity (Wildman–Crippen MR) is 83.6 cm³/mol. The molecule has 21 heavy (non-hydrogen) atoms. The molecule has 1 fully saturated rings. The number of carbonyl (C=O) groups is 1. The van der Waals surface area contributed by atoms with E-state index in [1.165, 1.54) is 5.69 Å². The second kappa shape index (κ2) is 5.60. The third-order valence-electron chi connectivity index (χ3n) is 4.47. The SMILES string of the molecule is O=C(O)C1(c2ccccc2)CCN(c2ccccc2)CC1. The maximum atomic E-state index is 11.9. The summed E-state index contributed by atoms with van der Waals surface area (Å²) in [6, 6.07) is 19.8. The van der Waals surface area contributed by atoms with Crippen LogP contribution in [0, 0.1) is 0 Å². The van der Waals surface area contributed by atoms with Crippen molar-refractivity contribution in [2.45, 2.75) is 18.3 Å². The Morgan fingerprint density at radius 2 is 1.43 bits per heavy atom. The molecule has 0 unspecified atom stereocenters. The zero-order chi connectivity index (χ0) is 14.7. The molecule has 1 heterocycles. The molecule has 0 saturated carbocycles. The van der Waals surface area contributed by atoms with E-state index in [2.05, 4.69) is 17.0 Å². The smallest absolute Gasteiger partial charge is 0.314 e. The van der Waals surface area contributed by atoms with Crippen LogP contribution in [-0.4, -0.2) is 24.2 Å². The van der Waals surface area contributed by atoms with E-state index in [0.717, 1.165) is 18.7 Å². The number of carboxylic acid groups (broad SMARTS) is 1. The number of piperidine rings is 1. The van der Waals surface area contributed by atoms with Gasteiger partial charge in [0.15, 0.2) is 0 Å². The molecular weight excluding hydrogens is 262 g/mol. The van der Waals surface area contributed by atoms with E-state index >= 15 is 0 Å². The van der Waals surface area contributed by atoms with Crippen molar-refractivity contribution in [3.63, 3.8) is 0 Å². The third-order valence-corrected chi connectivity index (χ3v) is 4.47. The Balaban J connectivity index is 1.83. The Labute approximate surface area is 124 Å². The van der Waals surface area contributed by atoms with Gasteiger partial charge < -0.3 is 10.0 Å². The van der Waals surface area contributed by atoms with Crippen LogP contribution < -0.4 is 4.90 Å². The van der Waals surface area contributed by atoms with Crippen LogP contribution in [-0.2, 0) is 10.2 Å². The third kappa shape index (κ3) is 2.51. The highest BCUT2D eigenvalue weighted by molar-refractivity contribution is 5.82. The first kappa shape index (κ1) is 13.7. The van der Waals surface area contributed by atoms with Gasteiger partial charge in [-0.1, -0.05) is 48.5 Å². The maximum absolute atomic E-state index is 11.9. The Morgan fingerprint density at radius 3 is 1.95 bits per heavy atom. The molecule has 1 N–H and O–H groups in total. The molecule has 0 aromatic heterocycles. The molecule has 0 amide bonds. The number of hydrogen-bond donors (Lipinski definition) is 1. The largest absolute Gasteiger partial charge is 0.481 e. The fraction of sp³-hybridized carbons (Fsp3) is 0.278. The van der Waals surface area contributed by atoms with E-state index in [-0.39, 0.29) is 0 Å². The molecule has 1 saturated heterocycles. The van der Waals surface area contributed by atoms with Crippen LogP contribution in [0.2, 0.25) is 0 Å². The molecule has 0 bridgehead atoms. The second-order valence-electron chi connectivity index (χ2n) is 5.58. The summed E-state index contributed by atoms with van der Waals surface area (Å²) in [6.07, 6.45) is 1.28. The molecule has 0 aliphatic carbocycles. The number of rotatable bonds is 3. The van der Waals surface area contributed by atoms with Gasteiger partial charge in [-0.05, 0) is 30.5 Å². The monoisotopic (exact) mass is 281 g/mol. The van der Waals surface area contributed by atoms with Gasteiger partial charge in [-0.25, -0.2) is 0 Å². The number of para-hydroxylation sites is 1. The van der Waals surface area contributed by atoms with E-state index in [0.29, 0.717) is 12.8 Å². The molecule has 2 aromatic rings. The minimum atomic E-state index is -0.744. The van der Waals surface area contributed by atoms with E-state index in [1.54, 1.807) is 0 Å². The summed E-state index contributed by atoms with van der Waals surface area (Å²) in [6.45, 7) is 1.54. The number of nitrogens with zero attached hydrogens (tertiary/aromatic N) is 1. The summed E-state index contributed by atoms with van der Waals surface area (Å²) in [5.74, 6) is -0.707. The quantitative estimate of drug-likeness (QED) is 0.938.